The number of pyridine rings is 1. The van der Waals surface area contributed by atoms with Crippen LogP contribution in [0.15, 0.2) is 71.0 Å². The smallest absolute Gasteiger partial charge is 0.336 e. The molecule has 2 unspecified atom stereocenters. The molecule has 1 aromatic heterocycles. The third kappa shape index (κ3) is 8.19. The van der Waals surface area contributed by atoms with Crippen molar-refractivity contribution in [1.82, 2.24) is 10.3 Å². The van der Waals surface area contributed by atoms with E-state index in [1.54, 1.807) is 32.0 Å². The number of halogens is 2. The number of aliphatic imine (C=N–C) groups is 1. The van der Waals surface area contributed by atoms with Gasteiger partial charge in [0.25, 0.3) is 0 Å². The first-order valence-electron chi connectivity index (χ1n) is 14.0. The summed E-state index contributed by atoms with van der Waals surface area (Å²) < 4.78 is 22.0. The molecule has 1 aliphatic heterocycles. The van der Waals surface area contributed by atoms with Gasteiger partial charge in [0, 0.05) is 36.3 Å². The fraction of sp³-hybridized carbons (Fsp3) is 0.375. The van der Waals surface area contributed by atoms with Crippen LogP contribution >= 0.6 is 23.2 Å². The van der Waals surface area contributed by atoms with Crippen LogP contribution in [0.1, 0.15) is 30.9 Å². The summed E-state index contributed by atoms with van der Waals surface area (Å²) in [4.78, 5) is 35.3. The molecule has 4 rings (SSSR count). The molecular weight excluding hydrogens is 593 g/mol. The molecule has 0 fully saturated rings. The number of benzene rings is 2. The zero-order valence-corrected chi connectivity index (χ0v) is 25.9. The number of nitrogens with zero attached hydrogens (tertiary/aromatic N) is 2. The molecule has 2 aromatic carbocycles. The molecule has 1 aliphatic rings. The van der Waals surface area contributed by atoms with E-state index in [0.717, 1.165) is 16.5 Å². The van der Waals surface area contributed by atoms with E-state index in [9.17, 15) is 9.59 Å². The van der Waals surface area contributed by atoms with Gasteiger partial charge in [-0.3, -0.25) is 14.8 Å². The zero-order valence-electron chi connectivity index (χ0n) is 24.4. The largest absolute Gasteiger partial charge is 0.468 e. The van der Waals surface area contributed by atoms with Gasteiger partial charge in [-0.05, 0) is 43.2 Å². The van der Waals surface area contributed by atoms with Crippen molar-refractivity contribution < 1.29 is 28.5 Å². The van der Waals surface area contributed by atoms with Gasteiger partial charge in [-0.1, -0.05) is 53.5 Å². The van der Waals surface area contributed by atoms with Crippen LogP contribution in [0.4, 0.5) is 0 Å². The summed E-state index contributed by atoms with van der Waals surface area (Å²) in [5.74, 6) is -2.89. The number of carbonyl (C=O) groups excluding carboxylic acids is 2. The number of hydrogen-bond donors (Lipinski definition) is 1. The molecule has 0 amide bonds. The Kier molecular flexibility index (Phi) is 12.1. The van der Waals surface area contributed by atoms with E-state index in [-0.39, 0.29) is 30.4 Å². The molecule has 0 saturated carbocycles. The maximum Gasteiger partial charge on any atom is 0.336 e. The predicted molar refractivity (Wildman–Crippen MR) is 167 cm³/mol. The van der Waals surface area contributed by atoms with E-state index < -0.39 is 23.8 Å². The number of hydrogen-bond acceptors (Lipinski definition) is 9. The number of methoxy groups -OCH3 is 1. The standard InChI is InChI=1S/C32H35Cl2N3O6/c1-4-43-32(39)29-26(37-20(2)27(31(38)40-3)28(29)23-9-7-10-24(33)30(23)34)19-42-15-14-41-13-12-35-17-21-16-22-8-5-6-11-25(22)36-18-21/h5-11,16,18,27-28,35H,4,12-15,17,19H2,1-3H3. The van der Waals surface area contributed by atoms with E-state index in [4.69, 9.17) is 42.1 Å². The first-order chi connectivity index (χ1) is 20.8. The van der Waals surface area contributed by atoms with Crippen molar-refractivity contribution in [3.05, 3.63) is 87.2 Å². The number of para-hydroxylation sites is 1. The van der Waals surface area contributed by atoms with Crippen molar-refractivity contribution in [2.75, 3.05) is 46.7 Å². The van der Waals surface area contributed by atoms with Crippen molar-refractivity contribution in [1.29, 1.82) is 0 Å². The number of nitrogens with one attached hydrogen (secondary N) is 1. The summed E-state index contributed by atoms with van der Waals surface area (Å²) in [5, 5.41) is 4.99. The fourth-order valence-corrected chi connectivity index (χ4v) is 5.43. The van der Waals surface area contributed by atoms with E-state index in [1.807, 2.05) is 30.5 Å². The van der Waals surface area contributed by atoms with Gasteiger partial charge >= 0.3 is 11.9 Å². The molecule has 2 heterocycles. The van der Waals surface area contributed by atoms with Gasteiger partial charge in [0.2, 0.25) is 0 Å². The molecule has 43 heavy (non-hydrogen) atoms. The maximum absolute atomic E-state index is 13.3. The Morgan fingerprint density at radius 3 is 2.60 bits per heavy atom. The second kappa shape index (κ2) is 15.9. The number of ether oxygens (including phenoxy) is 4. The van der Waals surface area contributed by atoms with Crippen molar-refractivity contribution >= 4 is 51.8 Å². The molecule has 0 radical (unpaired) electrons. The number of rotatable bonds is 14. The van der Waals surface area contributed by atoms with Crippen LogP contribution in [-0.4, -0.2) is 69.3 Å². The molecular formula is C32H35Cl2N3O6. The van der Waals surface area contributed by atoms with Gasteiger partial charge in [0.15, 0.2) is 0 Å². The molecule has 228 valence electrons. The lowest BCUT2D eigenvalue weighted by atomic mass is 9.75. The van der Waals surface area contributed by atoms with E-state index in [1.165, 1.54) is 7.11 Å². The minimum absolute atomic E-state index is 0.00460. The number of aromatic nitrogens is 1. The lowest BCUT2D eigenvalue weighted by Crippen LogP contribution is -2.37. The Balaban J connectivity index is 1.36. The number of fused-ring (bicyclic) bond motifs is 1. The number of esters is 2. The van der Waals surface area contributed by atoms with Crippen LogP contribution in [0, 0.1) is 5.92 Å². The SMILES string of the molecule is CCOC(=O)C1=C(COCCOCCNCc2cnc3ccccc3c2)N=C(C)C(C(=O)OC)C1c1cccc(Cl)c1Cl. The van der Waals surface area contributed by atoms with Crippen LogP contribution in [0.25, 0.3) is 10.9 Å². The van der Waals surface area contributed by atoms with Crippen LogP contribution in [0.2, 0.25) is 10.0 Å². The average molecular weight is 629 g/mol. The first-order valence-corrected chi connectivity index (χ1v) is 14.8. The third-order valence-corrected chi connectivity index (χ3v) is 7.83. The zero-order chi connectivity index (χ0) is 30.8. The summed E-state index contributed by atoms with van der Waals surface area (Å²) in [6.45, 7) is 6.01. The Morgan fingerprint density at radius 2 is 1.81 bits per heavy atom. The average Bonchev–Trinajstić information content (AvgIpc) is 3.01. The topological polar surface area (TPSA) is 108 Å². The molecule has 0 spiro atoms. The van der Waals surface area contributed by atoms with Crippen LogP contribution < -0.4 is 5.32 Å². The first kappa shape index (κ1) is 32.6. The van der Waals surface area contributed by atoms with Gasteiger partial charge in [0.1, 0.15) is 5.92 Å². The second-order valence-corrected chi connectivity index (χ2v) is 10.6. The molecule has 0 bridgehead atoms. The summed E-state index contributed by atoms with van der Waals surface area (Å²) >= 11 is 12.9. The monoisotopic (exact) mass is 627 g/mol. The highest BCUT2D eigenvalue weighted by Crippen LogP contribution is 2.44. The Bertz CT molecular complexity index is 1510. The normalized spacial score (nSPS) is 16.7. The summed E-state index contributed by atoms with van der Waals surface area (Å²) in [5.41, 5.74) is 3.56. The predicted octanol–water partition coefficient (Wildman–Crippen LogP) is 5.53. The van der Waals surface area contributed by atoms with Crippen molar-refractivity contribution in [3.8, 4) is 0 Å². The van der Waals surface area contributed by atoms with Crippen molar-refractivity contribution in [2.45, 2.75) is 26.3 Å². The molecule has 9 nitrogen and oxygen atoms in total. The van der Waals surface area contributed by atoms with Gasteiger partial charge in [-0.2, -0.15) is 0 Å². The van der Waals surface area contributed by atoms with Gasteiger partial charge in [-0.15, -0.1) is 0 Å². The fourth-order valence-electron chi connectivity index (χ4n) is 5.00. The molecule has 0 aliphatic carbocycles. The van der Waals surface area contributed by atoms with Gasteiger partial charge in [0.05, 0.1) is 67.0 Å². The van der Waals surface area contributed by atoms with E-state index in [0.29, 0.717) is 48.3 Å². The van der Waals surface area contributed by atoms with Crippen LogP contribution in [-0.2, 0) is 35.1 Å². The van der Waals surface area contributed by atoms with E-state index in [2.05, 4.69) is 21.4 Å². The Morgan fingerprint density at radius 1 is 1.02 bits per heavy atom. The summed E-state index contributed by atoms with van der Waals surface area (Å²) in [6, 6.07) is 15.2. The lowest BCUT2D eigenvalue weighted by molar-refractivity contribution is -0.144. The molecule has 3 aromatic rings. The molecule has 1 N–H and O–H groups in total. The highest BCUT2D eigenvalue weighted by atomic mass is 35.5. The van der Waals surface area contributed by atoms with Crippen LogP contribution in [0.3, 0.4) is 0 Å². The minimum Gasteiger partial charge on any atom is -0.468 e. The summed E-state index contributed by atoms with van der Waals surface area (Å²) in [6.07, 6.45) is 1.87. The maximum atomic E-state index is 13.3. The van der Waals surface area contributed by atoms with Crippen LogP contribution in [0.5, 0.6) is 0 Å². The minimum atomic E-state index is -0.898. The third-order valence-electron chi connectivity index (χ3n) is 6.99. The van der Waals surface area contributed by atoms with Gasteiger partial charge < -0.3 is 24.3 Å². The number of carbonyl (C=O) groups is 2. The highest BCUT2D eigenvalue weighted by Gasteiger charge is 2.44. The Hall–Kier alpha value is -3.34. The highest BCUT2D eigenvalue weighted by molar-refractivity contribution is 6.42. The quantitative estimate of drug-likeness (QED) is 0.184. The van der Waals surface area contributed by atoms with Crippen molar-refractivity contribution in [2.24, 2.45) is 10.9 Å². The summed E-state index contributed by atoms with van der Waals surface area (Å²) in [7, 11) is 1.29. The van der Waals surface area contributed by atoms with Gasteiger partial charge in [-0.25, -0.2) is 4.79 Å². The second-order valence-electron chi connectivity index (χ2n) is 9.83. The molecule has 0 saturated heterocycles. The van der Waals surface area contributed by atoms with Crippen molar-refractivity contribution in [3.63, 3.8) is 0 Å². The van der Waals surface area contributed by atoms with E-state index >= 15 is 0 Å². The molecule has 2 atom stereocenters. The lowest BCUT2D eigenvalue weighted by Gasteiger charge is -2.32. The Labute approximate surface area is 261 Å². The molecule has 11 heteroatoms.